The Morgan fingerprint density at radius 3 is 1.39 bits per heavy atom. The standard InChI is InChI=1S/C12H10Cl2N2O2/c13-9-5-7(1-3-11(9)15-17)8-2-4-12(16-18)10(14)6-8/h1-6,15-18H. The van der Waals surface area contributed by atoms with E-state index >= 15 is 0 Å². The largest absolute Gasteiger partial charge is 0.291 e. The van der Waals surface area contributed by atoms with Crippen LogP contribution in [-0.2, 0) is 0 Å². The molecule has 2 aromatic rings. The highest BCUT2D eigenvalue weighted by molar-refractivity contribution is 6.34. The Morgan fingerprint density at radius 1 is 0.722 bits per heavy atom. The smallest absolute Gasteiger partial charge is 0.0788 e. The molecule has 0 unspecified atom stereocenters. The van der Waals surface area contributed by atoms with E-state index in [-0.39, 0.29) is 0 Å². The van der Waals surface area contributed by atoms with Crippen LogP contribution in [0.15, 0.2) is 36.4 Å². The van der Waals surface area contributed by atoms with Gasteiger partial charge in [-0.15, -0.1) is 0 Å². The van der Waals surface area contributed by atoms with E-state index in [0.29, 0.717) is 21.4 Å². The summed E-state index contributed by atoms with van der Waals surface area (Å²) in [6.07, 6.45) is 0. The molecule has 2 aromatic carbocycles. The van der Waals surface area contributed by atoms with Crippen molar-refractivity contribution in [3.05, 3.63) is 46.4 Å². The molecule has 0 radical (unpaired) electrons. The van der Waals surface area contributed by atoms with E-state index in [1.54, 1.807) is 36.4 Å². The summed E-state index contributed by atoms with van der Waals surface area (Å²) in [5.74, 6) is 0. The molecule has 4 nitrogen and oxygen atoms in total. The first-order chi connectivity index (χ1) is 8.65. The molecular formula is C12H10Cl2N2O2. The maximum absolute atomic E-state index is 8.80. The van der Waals surface area contributed by atoms with Crippen LogP contribution in [-0.4, -0.2) is 10.4 Å². The summed E-state index contributed by atoms with van der Waals surface area (Å²) in [4.78, 5) is 0. The molecule has 0 heterocycles. The average Bonchev–Trinajstić information content (AvgIpc) is 2.38. The van der Waals surface area contributed by atoms with Crippen LogP contribution >= 0.6 is 23.2 Å². The highest BCUT2D eigenvalue weighted by Gasteiger charge is 2.06. The number of hydrogen-bond donors (Lipinski definition) is 4. The van der Waals surface area contributed by atoms with Crippen molar-refractivity contribution in [1.82, 2.24) is 0 Å². The predicted octanol–water partition coefficient (Wildman–Crippen LogP) is 4.26. The van der Waals surface area contributed by atoms with Crippen LogP contribution in [0.4, 0.5) is 11.4 Å². The summed E-state index contributed by atoms with van der Waals surface area (Å²) in [5, 5.41) is 18.4. The van der Waals surface area contributed by atoms with E-state index in [1.807, 2.05) is 11.0 Å². The number of nitrogens with one attached hydrogen (secondary N) is 2. The molecule has 0 aliphatic rings. The van der Waals surface area contributed by atoms with Crippen molar-refractivity contribution in [2.75, 3.05) is 11.0 Å². The Hall–Kier alpha value is -1.46. The summed E-state index contributed by atoms with van der Waals surface area (Å²) < 4.78 is 0. The quantitative estimate of drug-likeness (QED) is 0.636. The molecule has 94 valence electrons. The zero-order valence-corrected chi connectivity index (χ0v) is 10.6. The molecular weight excluding hydrogens is 275 g/mol. The molecule has 6 heteroatoms. The fraction of sp³-hybridized carbons (Fsp3) is 0. The summed E-state index contributed by atoms with van der Waals surface area (Å²) in [6, 6.07) is 10.3. The molecule has 2 rings (SSSR count). The van der Waals surface area contributed by atoms with Crippen LogP contribution in [0.2, 0.25) is 10.0 Å². The number of rotatable bonds is 3. The molecule has 0 aliphatic heterocycles. The second-order valence-electron chi connectivity index (χ2n) is 3.61. The van der Waals surface area contributed by atoms with Crippen LogP contribution in [0.25, 0.3) is 11.1 Å². The summed E-state index contributed by atoms with van der Waals surface area (Å²) in [6.45, 7) is 0. The Labute approximate surface area is 114 Å². The highest BCUT2D eigenvalue weighted by atomic mass is 35.5. The van der Waals surface area contributed by atoms with Gasteiger partial charge in [0.1, 0.15) is 0 Å². The average molecular weight is 285 g/mol. The summed E-state index contributed by atoms with van der Waals surface area (Å²) >= 11 is 11.9. The predicted molar refractivity (Wildman–Crippen MR) is 72.7 cm³/mol. The Bertz CT molecular complexity index is 524. The first-order valence-corrected chi connectivity index (χ1v) is 5.81. The van der Waals surface area contributed by atoms with Crippen molar-refractivity contribution in [2.24, 2.45) is 0 Å². The lowest BCUT2D eigenvalue weighted by Crippen LogP contribution is -1.92. The Kier molecular flexibility index (Phi) is 3.93. The van der Waals surface area contributed by atoms with E-state index in [2.05, 4.69) is 0 Å². The van der Waals surface area contributed by atoms with E-state index in [1.165, 1.54) is 0 Å². The van der Waals surface area contributed by atoms with Crippen molar-refractivity contribution >= 4 is 34.6 Å². The van der Waals surface area contributed by atoms with Crippen LogP contribution in [0.3, 0.4) is 0 Å². The van der Waals surface area contributed by atoms with Crippen molar-refractivity contribution in [2.45, 2.75) is 0 Å². The van der Waals surface area contributed by atoms with Gasteiger partial charge in [-0.1, -0.05) is 35.3 Å². The van der Waals surface area contributed by atoms with E-state index < -0.39 is 0 Å². The van der Waals surface area contributed by atoms with Crippen molar-refractivity contribution in [3.63, 3.8) is 0 Å². The number of hydrogen-bond acceptors (Lipinski definition) is 4. The molecule has 0 aromatic heterocycles. The molecule has 0 spiro atoms. The van der Waals surface area contributed by atoms with Crippen LogP contribution in [0.1, 0.15) is 0 Å². The second kappa shape index (κ2) is 5.46. The fourth-order valence-corrected chi connectivity index (χ4v) is 2.02. The zero-order chi connectivity index (χ0) is 13.1. The molecule has 0 saturated heterocycles. The minimum atomic E-state index is 0.399. The van der Waals surface area contributed by atoms with Gasteiger partial charge in [-0.05, 0) is 35.4 Å². The van der Waals surface area contributed by atoms with Crippen molar-refractivity contribution in [3.8, 4) is 11.1 Å². The van der Waals surface area contributed by atoms with Gasteiger partial charge in [-0.3, -0.25) is 21.4 Å². The van der Waals surface area contributed by atoms with Crippen LogP contribution in [0, 0.1) is 0 Å². The molecule has 0 fully saturated rings. The van der Waals surface area contributed by atoms with Gasteiger partial charge in [0.05, 0.1) is 21.4 Å². The van der Waals surface area contributed by atoms with Crippen LogP contribution < -0.4 is 11.0 Å². The van der Waals surface area contributed by atoms with E-state index in [9.17, 15) is 0 Å². The van der Waals surface area contributed by atoms with Gasteiger partial charge in [0, 0.05) is 0 Å². The van der Waals surface area contributed by atoms with Crippen LogP contribution in [0.5, 0.6) is 0 Å². The van der Waals surface area contributed by atoms with Gasteiger partial charge in [-0.25, -0.2) is 0 Å². The lowest BCUT2D eigenvalue weighted by molar-refractivity contribution is 0.388. The minimum absolute atomic E-state index is 0.399. The van der Waals surface area contributed by atoms with Gasteiger partial charge < -0.3 is 0 Å². The van der Waals surface area contributed by atoms with Gasteiger partial charge in [0.2, 0.25) is 0 Å². The Balaban J connectivity index is 2.42. The van der Waals surface area contributed by atoms with Gasteiger partial charge in [0.15, 0.2) is 0 Å². The fourth-order valence-electron chi connectivity index (χ4n) is 1.57. The Morgan fingerprint density at radius 2 is 1.11 bits per heavy atom. The molecule has 0 saturated carbocycles. The lowest BCUT2D eigenvalue weighted by Gasteiger charge is -2.08. The number of anilines is 2. The van der Waals surface area contributed by atoms with Gasteiger partial charge in [0.25, 0.3) is 0 Å². The topological polar surface area (TPSA) is 64.5 Å². The maximum atomic E-state index is 8.80. The normalized spacial score (nSPS) is 10.2. The molecule has 0 atom stereocenters. The molecule has 0 amide bonds. The first-order valence-electron chi connectivity index (χ1n) is 5.05. The summed E-state index contributed by atoms with van der Waals surface area (Å²) in [7, 11) is 0. The molecule has 0 bridgehead atoms. The number of benzene rings is 2. The third-order valence-corrected chi connectivity index (χ3v) is 3.14. The first kappa shape index (κ1) is 13.0. The van der Waals surface area contributed by atoms with Gasteiger partial charge >= 0.3 is 0 Å². The number of halogens is 2. The SMILES string of the molecule is ONc1ccc(-c2ccc(NO)c(Cl)c2)cc1Cl. The monoisotopic (exact) mass is 284 g/mol. The van der Waals surface area contributed by atoms with Gasteiger partial charge in [-0.2, -0.15) is 0 Å². The van der Waals surface area contributed by atoms with E-state index in [0.717, 1.165) is 11.1 Å². The molecule has 0 aliphatic carbocycles. The molecule has 18 heavy (non-hydrogen) atoms. The van der Waals surface area contributed by atoms with Crippen molar-refractivity contribution < 1.29 is 10.4 Å². The molecule has 4 N–H and O–H groups in total. The second-order valence-corrected chi connectivity index (χ2v) is 4.43. The highest BCUT2D eigenvalue weighted by Crippen LogP contribution is 2.32. The zero-order valence-electron chi connectivity index (χ0n) is 9.11. The van der Waals surface area contributed by atoms with E-state index in [4.69, 9.17) is 33.6 Å². The third kappa shape index (κ3) is 2.52. The summed E-state index contributed by atoms with van der Waals surface area (Å²) in [5.41, 5.74) is 6.57. The maximum Gasteiger partial charge on any atom is 0.0788 e. The lowest BCUT2D eigenvalue weighted by atomic mass is 10.1. The third-order valence-electron chi connectivity index (χ3n) is 2.51. The van der Waals surface area contributed by atoms with Crippen molar-refractivity contribution in [1.29, 1.82) is 0 Å². The minimum Gasteiger partial charge on any atom is -0.291 e.